The summed E-state index contributed by atoms with van der Waals surface area (Å²) in [5.74, 6) is 1.14. The molecule has 0 aromatic heterocycles. The van der Waals surface area contributed by atoms with Crippen LogP contribution in [0.5, 0.6) is 5.75 Å². The van der Waals surface area contributed by atoms with Crippen LogP contribution in [0.2, 0.25) is 0 Å². The second-order valence-electron chi connectivity index (χ2n) is 6.31. The number of amides is 1. The lowest BCUT2D eigenvalue weighted by Gasteiger charge is -2.36. The highest BCUT2D eigenvalue weighted by molar-refractivity contribution is 5.73. The Balaban J connectivity index is 1.73. The fraction of sp³-hybridized carbons (Fsp3) is 0.611. The lowest BCUT2D eigenvalue weighted by molar-refractivity contribution is -0.130. The monoisotopic (exact) mass is 304 g/mol. The maximum atomic E-state index is 11.3. The SMILES string of the molecule is CC(=O)N1CCC(N(C)CCOc2ccc(C)c(C)c2)CC1. The molecule has 0 saturated carbocycles. The molecule has 0 atom stereocenters. The van der Waals surface area contributed by atoms with Crippen molar-refractivity contribution in [3.8, 4) is 5.75 Å². The number of piperidine rings is 1. The largest absolute Gasteiger partial charge is 0.492 e. The molecule has 0 unspecified atom stereocenters. The zero-order valence-electron chi connectivity index (χ0n) is 14.3. The van der Waals surface area contributed by atoms with Crippen molar-refractivity contribution >= 4 is 5.91 Å². The van der Waals surface area contributed by atoms with Crippen LogP contribution in [0, 0.1) is 13.8 Å². The molecule has 1 aliphatic rings. The minimum Gasteiger partial charge on any atom is -0.492 e. The third kappa shape index (κ3) is 4.47. The van der Waals surface area contributed by atoms with Gasteiger partial charge in [-0.25, -0.2) is 0 Å². The molecule has 22 heavy (non-hydrogen) atoms. The van der Waals surface area contributed by atoms with Crippen LogP contribution in [0.1, 0.15) is 30.9 Å². The Morgan fingerprint density at radius 3 is 2.55 bits per heavy atom. The lowest BCUT2D eigenvalue weighted by Crippen LogP contribution is -2.45. The summed E-state index contributed by atoms with van der Waals surface area (Å²) in [6.45, 7) is 9.24. The van der Waals surface area contributed by atoms with Crippen LogP contribution in [0.3, 0.4) is 0 Å². The number of benzene rings is 1. The summed E-state index contributed by atoms with van der Waals surface area (Å²) in [4.78, 5) is 15.6. The van der Waals surface area contributed by atoms with E-state index >= 15 is 0 Å². The van der Waals surface area contributed by atoms with Crippen LogP contribution in [0.15, 0.2) is 18.2 Å². The smallest absolute Gasteiger partial charge is 0.219 e. The van der Waals surface area contributed by atoms with E-state index in [4.69, 9.17) is 4.74 Å². The van der Waals surface area contributed by atoms with Gasteiger partial charge >= 0.3 is 0 Å². The topological polar surface area (TPSA) is 32.8 Å². The van der Waals surface area contributed by atoms with E-state index in [1.54, 1.807) is 6.92 Å². The summed E-state index contributed by atoms with van der Waals surface area (Å²) in [5.41, 5.74) is 2.56. The molecule has 1 fully saturated rings. The van der Waals surface area contributed by atoms with Crippen LogP contribution in [0.4, 0.5) is 0 Å². The van der Waals surface area contributed by atoms with E-state index in [1.165, 1.54) is 11.1 Å². The minimum atomic E-state index is 0.194. The number of carbonyl (C=O) groups is 1. The number of rotatable bonds is 5. The highest BCUT2D eigenvalue weighted by Crippen LogP contribution is 2.17. The van der Waals surface area contributed by atoms with Gasteiger partial charge in [-0.05, 0) is 57.0 Å². The van der Waals surface area contributed by atoms with Gasteiger partial charge in [0, 0.05) is 32.6 Å². The summed E-state index contributed by atoms with van der Waals surface area (Å²) in [5, 5.41) is 0. The Labute approximate surface area is 134 Å². The molecule has 1 aromatic rings. The quantitative estimate of drug-likeness (QED) is 0.838. The van der Waals surface area contributed by atoms with Gasteiger partial charge in [0.2, 0.25) is 5.91 Å². The van der Waals surface area contributed by atoms with E-state index in [-0.39, 0.29) is 5.91 Å². The highest BCUT2D eigenvalue weighted by Gasteiger charge is 2.23. The highest BCUT2D eigenvalue weighted by atomic mass is 16.5. The van der Waals surface area contributed by atoms with Crippen molar-refractivity contribution in [3.05, 3.63) is 29.3 Å². The Morgan fingerprint density at radius 1 is 1.27 bits per heavy atom. The van der Waals surface area contributed by atoms with Crippen molar-refractivity contribution in [1.82, 2.24) is 9.80 Å². The number of hydrogen-bond acceptors (Lipinski definition) is 3. The Hall–Kier alpha value is -1.55. The minimum absolute atomic E-state index is 0.194. The van der Waals surface area contributed by atoms with Crippen LogP contribution < -0.4 is 4.74 Å². The number of likely N-dealkylation sites (tertiary alicyclic amines) is 1. The van der Waals surface area contributed by atoms with Crippen LogP contribution in [-0.2, 0) is 4.79 Å². The number of hydrogen-bond donors (Lipinski definition) is 0. The zero-order valence-corrected chi connectivity index (χ0v) is 14.3. The standard InChI is InChI=1S/C18H28N2O2/c1-14-5-6-18(13-15(14)2)22-12-11-19(4)17-7-9-20(10-8-17)16(3)21/h5-6,13,17H,7-12H2,1-4H3. The average molecular weight is 304 g/mol. The van der Waals surface area contributed by atoms with Crippen molar-refractivity contribution in [2.45, 2.75) is 39.7 Å². The predicted octanol–water partition coefficient (Wildman–Crippen LogP) is 2.62. The van der Waals surface area contributed by atoms with Gasteiger partial charge in [-0.15, -0.1) is 0 Å². The van der Waals surface area contributed by atoms with Gasteiger partial charge < -0.3 is 9.64 Å². The van der Waals surface area contributed by atoms with E-state index < -0.39 is 0 Å². The average Bonchev–Trinajstić information content (AvgIpc) is 2.51. The van der Waals surface area contributed by atoms with Gasteiger partial charge in [0.25, 0.3) is 0 Å². The van der Waals surface area contributed by atoms with Crippen molar-refractivity contribution in [1.29, 1.82) is 0 Å². The summed E-state index contributed by atoms with van der Waals surface area (Å²) in [6, 6.07) is 6.79. The molecule has 0 spiro atoms. The maximum absolute atomic E-state index is 11.3. The summed E-state index contributed by atoms with van der Waals surface area (Å²) < 4.78 is 5.86. The normalized spacial score (nSPS) is 16.1. The van der Waals surface area contributed by atoms with Crippen LogP contribution >= 0.6 is 0 Å². The molecule has 4 heteroatoms. The van der Waals surface area contributed by atoms with Crippen LogP contribution in [-0.4, -0.2) is 55.0 Å². The summed E-state index contributed by atoms with van der Waals surface area (Å²) in [6.07, 6.45) is 2.11. The van der Waals surface area contributed by atoms with Gasteiger partial charge in [-0.1, -0.05) is 6.07 Å². The first-order chi connectivity index (χ1) is 10.5. The second kappa shape index (κ2) is 7.63. The molecule has 1 aromatic carbocycles. The summed E-state index contributed by atoms with van der Waals surface area (Å²) in [7, 11) is 2.15. The molecule has 1 heterocycles. The molecule has 1 saturated heterocycles. The third-order valence-corrected chi connectivity index (χ3v) is 4.72. The molecule has 1 amide bonds. The Bertz CT molecular complexity index is 508. The van der Waals surface area contributed by atoms with E-state index in [9.17, 15) is 4.79 Å². The van der Waals surface area contributed by atoms with Gasteiger partial charge in [-0.2, -0.15) is 0 Å². The molecule has 1 aliphatic heterocycles. The second-order valence-corrected chi connectivity index (χ2v) is 6.31. The first kappa shape index (κ1) is 16.8. The van der Waals surface area contributed by atoms with Gasteiger partial charge in [-0.3, -0.25) is 9.69 Å². The first-order valence-electron chi connectivity index (χ1n) is 8.13. The molecule has 0 aliphatic carbocycles. The van der Waals surface area contributed by atoms with Crippen molar-refractivity contribution < 1.29 is 9.53 Å². The number of likely N-dealkylation sites (N-methyl/N-ethyl adjacent to an activating group) is 1. The van der Waals surface area contributed by atoms with Crippen molar-refractivity contribution in [2.75, 3.05) is 33.3 Å². The zero-order chi connectivity index (χ0) is 16.1. The molecule has 0 radical (unpaired) electrons. The number of aryl methyl sites for hydroxylation is 2. The van der Waals surface area contributed by atoms with Crippen molar-refractivity contribution in [3.63, 3.8) is 0 Å². The van der Waals surface area contributed by atoms with E-state index in [1.807, 2.05) is 11.0 Å². The lowest BCUT2D eigenvalue weighted by atomic mass is 10.0. The Kier molecular flexibility index (Phi) is 5.83. The molecular formula is C18H28N2O2. The van der Waals surface area contributed by atoms with Gasteiger partial charge in [0.05, 0.1) is 0 Å². The fourth-order valence-electron chi connectivity index (χ4n) is 2.92. The van der Waals surface area contributed by atoms with E-state index in [0.717, 1.165) is 38.2 Å². The van der Waals surface area contributed by atoms with Crippen LogP contribution in [0.25, 0.3) is 0 Å². The maximum Gasteiger partial charge on any atom is 0.219 e. The number of nitrogens with zero attached hydrogens (tertiary/aromatic N) is 2. The first-order valence-corrected chi connectivity index (χ1v) is 8.13. The number of carbonyl (C=O) groups excluding carboxylic acids is 1. The summed E-state index contributed by atoms with van der Waals surface area (Å²) >= 11 is 0. The predicted molar refractivity (Wildman–Crippen MR) is 89.3 cm³/mol. The van der Waals surface area contributed by atoms with Crippen molar-refractivity contribution in [2.24, 2.45) is 0 Å². The fourth-order valence-corrected chi connectivity index (χ4v) is 2.92. The molecule has 0 N–H and O–H groups in total. The number of ether oxygens (including phenoxy) is 1. The van der Waals surface area contributed by atoms with E-state index in [2.05, 4.69) is 37.9 Å². The van der Waals surface area contributed by atoms with Gasteiger partial charge in [0.15, 0.2) is 0 Å². The molecule has 4 nitrogen and oxygen atoms in total. The Morgan fingerprint density at radius 2 is 1.95 bits per heavy atom. The molecule has 122 valence electrons. The molecule has 2 rings (SSSR count). The molecule has 0 bridgehead atoms. The molecular weight excluding hydrogens is 276 g/mol. The van der Waals surface area contributed by atoms with Gasteiger partial charge in [0.1, 0.15) is 12.4 Å². The van der Waals surface area contributed by atoms with E-state index in [0.29, 0.717) is 12.6 Å². The third-order valence-electron chi connectivity index (χ3n) is 4.72.